The Bertz CT molecular complexity index is 3220. The van der Waals surface area contributed by atoms with E-state index in [-0.39, 0.29) is 5.41 Å². The Balaban J connectivity index is 1.09. The van der Waals surface area contributed by atoms with Crippen LogP contribution in [-0.2, 0) is 11.8 Å². The van der Waals surface area contributed by atoms with Crippen molar-refractivity contribution in [3.63, 3.8) is 0 Å². The van der Waals surface area contributed by atoms with Crippen LogP contribution in [0.15, 0.2) is 156 Å². The minimum absolute atomic E-state index is 0.115. The summed E-state index contributed by atoms with van der Waals surface area (Å²) in [5.74, 6) is 0. The van der Waals surface area contributed by atoms with Crippen molar-refractivity contribution in [1.29, 1.82) is 0 Å². The molecule has 0 saturated carbocycles. The fourth-order valence-electron chi connectivity index (χ4n) is 10.3. The molecule has 12 rings (SSSR count). The molecule has 2 nitrogen and oxygen atoms in total. The van der Waals surface area contributed by atoms with Gasteiger partial charge in [0.05, 0.1) is 10.4 Å². The number of benzene rings is 7. The topological polar surface area (TPSA) is 16.4 Å². The van der Waals surface area contributed by atoms with Crippen LogP contribution in [0, 0.1) is 0 Å². The number of para-hydroxylation sites is 1. The van der Waals surface area contributed by atoms with E-state index in [1.165, 1.54) is 86.6 Å². The molecule has 0 atom stereocenters. The first-order valence-corrected chi connectivity index (χ1v) is 20.8. The van der Waals surface area contributed by atoms with Crippen molar-refractivity contribution in [3.05, 3.63) is 179 Å². The largest absolute Gasteiger partial charge is 0.455 e. The van der Waals surface area contributed by atoms with Crippen LogP contribution >= 0.6 is 11.3 Å². The lowest BCUT2D eigenvalue weighted by Gasteiger charge is -2.28. The molecule has 0 N–H and O–H groups in total. The summed E-state index contributed by atoms with van der Waals surface area (Å²) in [4.78, 5) is 2.40. The molecular weight excluding hydrogens is 699 g/mol. The molecule has 2 aromatic heterocycles. The van der Waals surface area contributed by atoms with E-state index in [0.29, 0.717) is 0 Å². The Morgan fingerprint density at radius 1 is 0.661 bits per heavy atom. The maximum absolute atomic E-state index is 7.26. The van der Waals surface area contributed by atoms with Crippen molar-refractivity contribution in [2.75, 3.05) is 4.90 Å². The molecule has 3 aliphatic rings. The highest BCUT2D eigenvalue weighted by molar-refractivity contribution is 7.26. The third-order valence-corrected chi connectivity index (χ3v) is 14.1. The van der Waals surface area contributed by atoms with Crippen molar-refractivity contribution in [3.8, 4) is 0 Å². The van der Waals surface area contributed by atoms with Gasteiger partial charge in [-0.15, -0.1) is 11.3 Å². The second-order valence-electron chi connectivity index (χ2n) is 16.2. The van der Waals surface area contributed by atoms with Crippen LogP contribution in [0.5, 0.6) is 0 Å². The lowest BCUT2D eigenvalue weighted by Crippen LogP contribution is -2.18. The van der Waals surface area contributed by atoms with Crippen molar-refractivity contribution in [2.45, 2.75) is 44.9 Å². The highest BCUT2D eigenvalue weighted by Gasteiger charge is 2.42. The molecule has 0 unspecified atom stereocenters. The summed E-state index contributed by atoms with van der Waals surface area (Å²) in [5.41, 5.74) is 16.3. The Kier molecular flexibility index (Phi) is 6.84. The second-order valence-corrected chi connectivity index (χ2v) is 17.3. The lowest BCUT2D eigenvalue weighted by molar-refractivity contribution is 0.612. The highest BCUT2D eigenvalue weighted by atomic mass is 32.1. The van der Waals surface area contributed by atoms with Crippen LogP contribution < -0.4 is 4.90 Å². The number of furan rings is 1. The van der Waals surface area contributed by atoms with Crippen LogP contribution in [-0.4, -0.2) is 0 Å². The average molecular weight is 738 g/mol. The van der Waals surface area contributed by atoms with Crippen LogP contribution in [0.1, 0.15) is 60.9 Å². The van der Waals surface area contributed by atoms with Crippen molar-refractivity contribution in [2.24, 2.45) is 0 Å². The SMILES string of the molecule is CC1(C)C2=C(C=C(c3ccc4c(c3)C=CCC4)CC2)c2c1c1ccccc1c1c2oc2cc(N(c3ccccc3)c3cccc4c3sc3ccccc34)ccc21. The monoisotopic (exact) mass is 737 g/mol. The van der Waals surface area contributed by atoms with Crippen LogP contribution in [0.25, 0.3) is 70.1 Å². The fourth-order valence-corrected chi connectivity index (χ4v) is 11.5. The summed E-state index contributed by atoms with van der Waals surface area (Å²) < 4.78 is 9.84. The van der Waals surface area contributed by atoms with Gasteiger partial charge in [-0.2, -0.15) is 0 Å². The van der Waals surface area contributed by atoms with Crippen LogP contribution in [0.4, 0.5) is 17.1 Å². The van der Waals surface area contributed by atoms with Gasteiger partial charge in [-0.25, -0.2) is 0 Å². The van der Waals surface area contributed by atoms with Crippen molar-refractivity contribution in [1.82, 2.24) is 0 Å². The molecule has 2 heterocycles. The third-order valence-electron chi connectivity index (χ3n) is 12.8. The molecule has 9 aromatic rings. The smallest absolute Gasteiger partial charge is 0.144 e. The number of fused-ring (bicyclic) bond motifs is 13. The van der Waals surface area contributed by atoms with E-state index in [2.05, 4.69) is 170 Å². The van der Waals surface area contributed by atoms with Crippen molar-refractivity contribution < 1.29 is 4.42 Å². The average Bonchev–Trinajstić information content (AvgIpc) is 3.89. The maximum Gasteiger partial charge on any atom is 0.144 e. The summed E-state index contributed by atoms with van der Waals surface area (Å²) in [7, 11) is 0. The van der Waals surface area contributed by atoms with E-state index in [1.807, 2.05) is 11.3 Å². The van der Waals surface area contributed by atoms with Gasteiger partial charge in [0.1, 0.15) is 11.2 Å². The summed E-state index contributed by atoms with van der Waals surface area (Å²) in [5, 5.41) is 7.55. The van der Waals surface area contributed by atoms with Crippen molar-refractivity contribution >= 4 is 98.5 Å². The molecule has 0 aliphatic heterocycles. The van der Waals surface area contributed by atoms with E-state index in [1.54, 1.807) is 0 Å². The van der Waals surface area contributed by atoms with Crippen LogP contribution in [0.2, 0.25) is 0 Å². The van der Waals surface area contributed by atoms with Gasteiger partial charge in [-0.05, 0) is 112 Å². The zero-order valence-electron chi connectivity index (χ0n) is 31.5. The zero-order chi connectivity index (χ0) is 37.1. The Morgan fingerprint density at radius 3 is 2.36 bits per heavy atom. The third kappa shape index (κ3) is 4.55. The zero-order valence-corrected chi connectivity index (χ0v) is 32.3. The van der Waals surface area contributed by atoms with Gasteiger partial charge in [0, 0.05) is 54.7 Å². The van der Waals surface area contributed by atoms with Gasteiger partial charge in [0.2, 0.25) is 0 Å². The molecule has 0 saturated heterocycles. The maximum atomic E-state index is 7.26. The predicted molar refractivity (Wildman–Crippen MR) is 240 cm³/mol. The normalized spacial score (nSPS) is 15.9. The molecule has 7 aromatic carbocycles. The molecule has 56 heavy (non-hydrogen) atoms. The molecule has 3 aliphatic carbocycles. The molecule has 0 spiro atoms. The van der Waals surface area contributed by atoms with E-state index in [4.69, 9.17) is 4.42 Å². The van der Waals surface area contributed by atoms with E-state index in [9.17, 15) is 0 Å². The number of anilines is 3. The minimum Gasteiger partial charge on any atom is -0.455 e. The number of aryl methyl sites for hydroxylation is 1. The minimum atomic E-state index is -0.115. The summed E-state index contributed by atoms with van der Waals surface area (Å²) in [6.45, 7) is 4.87. The number of hydrogen-bond donors (Lipinski definition) is 0. The lowest BCUT2D eigenvalue weighted by atomic mass is 9.75. The van der Waals surface area contributed by atoms with Gasteiger partial charge in [0.25, 0.3) is 0 Å². The summed E-state index contributed by atoms with van der Waals surface area (Å²) >= 11 is 1.86. The first-order valence-electron chi connectivity index (χ1n) is 19.9. The highest BCUT2D eigenvalue weighted by Crippen LogP contribution is 2.58. The molecule has 0 amide bonds. The van der Waals surface area contributed by atoms with Gasteiger partial charge in [-0.1, -0.05) is 123 Å². The first-order chi connectivity index (χ1) is 27.5. The number of thiophene rings is 1. The molecule has 0 fully saturated rings. The molecular formula is C53H39NOS. The summed E-state index contributed by atoms with van der Waals surface area (Å²) in [6, 6.07) is 49.2. The fraction of sp³-hybridized carbons (Fsp3) is 0.132. The Hall–Kier alpha value is -6.16. The first kappa shape index (κ1) is 32.1. The van der Waals surface area contributed by atoms with Gasteiger partial charge >= 0.3 is 0 Å². The number of nitrogens with zero attached hydrogens (tertiary/aromatic N) is 1. The number of allylic oxidation sites excluding steroid dienone is 5. The Morgan fingerprint density at radius 2 is 1.46 bits per heavy atom. The molecule has 0 bridgehead atoms. The van der Waals surface area contributed by atoms with E-state index < -0.39 is 0 Å². The van der Waals surface area contributed by atoms with Gasteiger partial charge < -0.3 is 9.32 Å². The summed E-state index contributed by atoms with van der Waals surface area (Å²) in [6.07, 6.45) is 11.5. The molecule has 3 heteroatoms. The number of hydrogen-bond acceptors (Lipinski definition) is 3. The standard InChI is InChI=1S/C53H39NOS/c1-53(2)44-28-25-35(34-24-23-32-13-6-7-14-33(32)29-34)30-43(44)49-50(53)40-19-9-8-18-39(40)48-42-27-26-37(31-46(42)55-51(48)49)54(36-15-4-3-5-16-36)45-21-12-20-41-38-17-10-11-22-47(38)56-52(41)45/h3-5,7-12,14-24,26-27,29-31H,6,13,25,28H2,1-2H3. The van der Waals surface area contributed by atoms with E-state index >= 15 is 0 Å². The van der Waals surface area contributed by atoms with Gasteiger partial charge in [-0.3, -0.25) is 0 Å². The van der Waals surface area contributed by atoms with E-state index in [0.717, 1.165) is 53.6 Å². The predicted octanol–water partition coefficient (Wildman–Crippen LogP) is 15.5. The number of rotatable bonds is 4. The Labute approximate surface area is 330 Å². The molecule has 268 valence electrons. The van der Waals surface area contributed by atoms with Gasteiger partial charge in [0.15, 0.2) is 0 Å². The second kappa shape index (κ2) is 11.9. The van der Waals surface area contributed by atoms with Crippen LogP contribution in [0.3, 0.4) is 0 Å². The molecule has 0 radical (unpaired) electrons. The quantitative estimate of drug-likeness (QED) is 0.179.